The molecule has 0 unspecified atom stereocenters. The van der Waals surface area contributed by atoms with Gasteiger partial charge in [0, 0.05) is 35.3 Å². The lowest BCUT2D eigenvalue weighted by Crippen LogP contribution is -2.26. The number of carbonyl (C=O) groups excluding carboxylic acids is 1. The number of hydrogen-bond acceptors (Lipinski definition) is 4. The van der Waals surface area contributed by atoms with Gasteiger partial charge < -0.3 is 10.6 Å². The molecule has 1 amide bonds. The van der Waals surface area contributed by atoms with Crippen LogP contribution in [-0.2, 0) is 6.42 Å². The summed E-state index contributed by atoms with van der Waals surface area (Å²) in [5.41, 5.74) is 5.29. The number of rotatable bonds is 10. The van der Waals surface area contributed by atoms with Gasteiger partial charge in [0.15, 0.2) is 5.65 Å². The summed E-state index contributed by atoms with van der Waals surface area (Å²) < 4.78 is 2.58. The molecule has 0 aliphatic carbocycles. The number of nitrogens with one attached hydrogen (secondary N) is 2. The van der Waals surface area contributed by atoms with Crippen molar-refractivity contribution in [1.29, 1.82) is 0 Å². The van der Waals surface area contributed by atoms with Crippen LogP contribution in [0.3, 0.4) is 0 Å². The topological polar surface area (TPSA) is 71.3 Å². The minimum atomic E-state index is -0.0360. The van der Waals surface area contributed by atoms with Crippen LogP contribution in [0.4, 0.5) is 5.82 Å². The summed E-state index contributed by atoms with van der Waals surface area (Å²) in [5, 5.41) is 11.6. The second kappa shape index (κ2) is 13.4. The summed E-state index contributed by atoms with van der Waals surface area (Å²) >= 11 is 9.97. The summed E-state index contributed by atoms with van der Waals surface area (Å²) in [5.74, 6) is 0.792. The van der Waals surface area contributed by atoms with Gasteiger partial charge in [0.25, 0.3) is 5.91 Å². The first-order chi connectivity index (χ1) is 18.6. The lowest BCUT2D eigenvalue weighted by atomic mass is 9.99. The SMILES string of the molecule is C.O=C(NCCCCNc1cc(-c2ccccc2Cl)nc2c(Br)cnn12)c1ccccc1Cc1ccccc1. The van der Waals surface area contributed by atoms with Gasteiger partial charge in [-0.2, -0.15) is 9.61 Å². The van der Waals surface area contributed by atoms with E-state index in [1.807, 2.05) is 72.8 Å². The molecule has 2 heterocycles. The zero-order chi connectivity index (χ0) is 26.3. The molecule has 0 bridgehead atoms. The van der Waals surface area contributed by atoms with Crippen molar-refractivity contribution in [3.8, 4) is 11.3 Å². The lowest BCUT2D eigenvalue weighted by molar-refractivity contribution is 0.0952. The van der Waals surface area contributed by atoms with Crippen LogP contribution in [0.2, 0.25) is 5.02 Å². The number of halogens is 2. The van der Waals surface area contributed by atoms with Crippen LogP contribution in [-0.4, -0.2) is 33.6 Å². The molecule has 0 saturated carbocycles. The molecule has 2 aromatic heterocycles. The largest absolute Gasteiger partial charge is 0.370 e. The molecule has 0 spiro atoms. The van der Waals surface area contributed by atoms with Gasteiger partial charge in [-0.25, -0.2) is 4.98 Å². The summed E-state index contributed by atoms with van der Waals surface area (Å²) in [7, 11) is 0. The Morgan fingerprint density at radius 2 is 1.64 bits per heavy atom. The molecule has 200 valence electrons. The highest BCUT2D eigenvalue weighted by atomic mass is 79.9. The second-order valence-electron chi connectivity index (χ2n) is 8.94. The average Bonchev–Trinajstić information content (AvgIpc) is 3.32. The number of hydrogen-bond donors (Lipinski definition) is 2. The fourth-order valence-electron chi connectivity index (χ4n) is 4.34. The molecule has 0 fully saturated rings. The highest BCUT2D eigenvalue weighted by Crippen LogP contribution is 2.30. The Labute approximate surface area is 242 Å². The maximum absolute atomic E-state index is 12.9. The third kappa shape index (κ3) is 6.85. The Bertz CT molecular complexity index is 1550. The first-order valence-electron chi connectivity index (χ1n) is 12.5. The first-order valence-corrected chi connectivity index (χ1v) is 13.7. The van der Waals surface area contributed by atoms with Crippen molar-refractivity contribution in [3.63, 3.8) is 0 Å². The van der Waals surface area contributed by atoms with E-state index in [0.29, 0.717) is 17.2 Å². The van der Waals surface area contributed by atoms with E-state index in [2.05, 4.69) is 43.8 Å². The van der Waals surface area contributed by atoms with E-state index >= 15 is 0 Å². The summed E-state index contributed by atoms with van der Waals surface area (Å²) in [6.45, 7) is 1.32. The predicted octanol–water partition coefficient (Wildman–Crippen LogP) is 7.66. The maximum Gasteiger partial charge on any atom is 0.251 e. The molecule has 0 saturated heterocycles. The molecule has 0 aliphatic rings. The molecule has 3 aromatic carbocycles. The number of carbonyl (C=O) groups is 1. The smallest absolute Gasteiger partial charge is 0.251 e. The number of aromatic nitrogens is 3. The van der Waals surface area contributed by atoms with Crippen LogP contribution < -0.4 is 10.6 Å². The standard InChI is InChI=1S/C30H27BrClN5O.CH4/c31-25-20-35-37-28(19-27(36-29(25)37)24-14-6-7-15-26(24)32)33-16-8-9-17-34-30(38)23-13-5-4-12-22(23)18-21-10-2-1-3-11-21;/h1-7,10-15,19-20,33H,8-9,16-18H2,(H,34,38);1H4. The van der Waals surface area contributed by atoms with E-state index in [4.69, 9.17) is 16.6 Å². The molecule has 5 rings (SSSR count). The van der Waals surface area contributed by atoms with Crippen molar-refractivity contribution < 1.29 is 4.79 Å². The van der Waals surface area contributed by atoms with Gasteiger partial charge in [-0.1, -0.05) is 85.8 Å². The van der Waals surface area contributed by atoms with Crippen molar-refractivity contribution >= 4 is 44.9 Å². The maximum atomic E-state index is 12.9. The monoisotopic (exact) mass is 603 g/mol. The number of nitrogens with zero attached hydrogens (tertiary/aromatic N) is 3. The zero-order valence-electron chi connectivity index (χ0n) is 20.7. The van der Waals surface area contributed by atoms with Gasteiger partial charge in [0.05, 0.1) is 16.4 Å². The van der Waals surface area contributed by atoms with E-state index in [0.717, 1.165) is 58.5 Å². The van der Waals surface area contributed by atoms with Crippen molar-refractivity contribution in [2.45, 2.75) is 26.7 Å². The molecular weight excluding hydrogens is 574 g/mol. The molecule has 0 aliphatic heterocycles. The average molecular weight is 605 g/mol. The fourth-order valence-corrected chi connectivity index (χ4v) is 4.92. The van der Waals surface area contributed by atoms with Crippen LogP contribution in [0.25, 0.3) is 16.9 Å². The van der Waals surface area contributed by atoms with Gasteiger partial charge in [-0.05, 0) is 58.5 Å². The van der Waals surface area contributed by atoms with Crippen LogP contribution in [0.1, 0.15) is 41.8 Å². The molecule has 0 radical (unpaired) electrons. The van der Waals surface area contributed by atoms with Gasteiger partial charge in [0.1, 0.15) is 5.82 Å². The van der Waals surface area contributed by atoms with E-state index in [9.17, 15) is 4.79 Å². The number of benzene rings is 3. The van der Waals surface area contributed by atoms with Gasteiger partial charge in [-0.3, -0.25) is 4.79 Å². The number of unbranched alkanes of at least 4 members (excludes halogenated alkanes) is 1. The Morgan fingerprint density at radius 1 is 0.923 bits per heavy atom. The molecule has 8 heteroatoms. The van der Waals surface area contributed by atoms with E-state index in [-0.39, 0.29) is 13.3 Å². The quantitative estimate of drug-likeness (QED) is 0.161. The lowest BCUT2D eigenvalue weighted by Gasteiger charge is -2.12. The molecule has 5 aromatic rings. The van der Waals surface area contributed by atoms with E-state index in [1.165, 1.54) is 5.56 Å². The zero-order valence-corrected chi connectivity index (χ0v) is 23.0. The van der Waals surface area contributed by atoms with Crippen molar-refractivity contribution in [2.24, 2.45) is 0 Å². The van der Waals surface area contributed by atoms with Crippen molar-refractivity contribution in [3.05, 3.63) is 117 Å². The second-order valence-corrected chi connectivity index (χ2v) is 10.2. The Balaban J connectivity index is 0.00000353. The van der Waals surface area contributed by atoms with Gasteiger partial charge in [0.2, 0.25) is 0 Å². The normalized spacial score (nSPS) is 10.7. The van der Waals surface area contributed by atoms with Crippen molar-refractivity contribution in [2.75, 3.05) is 18.4 Å². The molecule has 0 atom stereocenters. The predicted molar refractivity (Wildman–Crippen MR) is 164 cm³/mol. The minimum absolute atomic E-state index is 0. The molecule has 6 nitrogen and oxygen atoms in total. The van der Waals surface area contributed by atoms with Crippen LogP contribution in [0, 0.1) is 0 Å². The Kier molecular flexibility index (Phi) is 9.74. The van der Waals surface area contributed by atoms with E-state index < -0.39 is 0 Å². The van der Waals surface area contributed by atoms with Crippen LogP contribution >= 0.6 is 27.5 Å². The Hall–Kier alpha value is -3.68. The number of amides is 1. The first kappa shape index (κ1) is 28.3. The van der Waals surface area contributed by atoms with Crippen LogP contribution in [0.15, 0.2) is 95.6 Å². The summed E-state index contributed by atoms with van der Waals surface area (Å²) in [6.07, 6.45) is 4.18. The highest BCUT2D eigenvalue weighted by molar-refractivity contribution is 9.10. The molecular formula is C31H31BrClN5O. The van der Waals surface area contributed by atoms with E-state index in [1.54, 1.807) is 10.7 Å². The minimum Gasteiger partial charge on any atom is -0.370 e. The third-order valence-electron chi connectivity index (χ3n) is 6.27. The molecule has 2 N–H and O–H groups in total. The highest BCUT2D eigenvalue weighted by Gasteiger charge is 2.14. The Morgan fingerprint density at radius 3 is 2.46 bits per heavy atom. The number of fused-ring (bicyclic) bond motifs is 1. The van der Waals surface area contributed by atoms with Gasteiger partial charge in [-0.15, -0.1) is 0 Å². The number of anilines is 1. The van der Waals surface area contributed by atoms with Crippen LogP contribution in [0.5, 0.6) is 0 Å². The van der Waals surface area contributed by atoms with Crippen molar-refractivity contribution in [1.82, 2.24) is 19.9 Å². The third-order valence-corrected chi connectivity index (χ3v) is 7.16. The summed E-state index contributed by atoms with van der Waals surface area (Å²) in [4.78, 5) is 17.6. The molecule has 39 heavy (non-hydrogen) atoms. The van der Waals surface area contributed by atoms with Gasteiger partial charge >= 0.3 is 0 Å². The summed E-state index contributed by atoms with van der Waals surface area (Å²) in [6, 6.07) is 27.6. The fraction of sp³-hybridized carbons (Fsp3) is 0.194.